The molecule has 1 aliphatic heterocycles. The van der Waals surface area contributed by atoms with Crippen LogP contribution >= 0.6 is 0 Å². The summed E-state index contributed by atoms with van der Waals surface area (Å²) in [5.74, 6) is -2.73. The molecule has 0 bridgehead atoms. The van der Waals surface area contributed by atoms with Crippen LogP contribution in [0.4, 0.5) is 13.2 Å². The minimum absolute atomic E-state index is 0.139. The van der Waals surface area contributed by atoms with E-state index in [0.29, 0.717) is 18.7 Å². The zero-order chi connectivity index (χ0) is 24.9. The van der Waals surface area contributed by atoms with E-state index in [2.05, 4.69) is 5.32 Å². The summed E-state index contributed by atoms with van der Waals surface area (Å²) in [4.78, 5) is 38.3. The number of nitrogens with two attached hydrogens (primary N) is 1. The quantitative estimate of drug-likeness (QED) is 0.549. The van der Waals surface area contributed by atoms with E-state index in [1.165, 1.54) is 24.3 Å². The summed E-state index contributed by atoms with van der Waals surface area (Å²) in [6.07, 6.45) is -6.43. The van der Waals surface area contributed by atoms with Crippen molar-refractivity contribution in [1.82, 2.24) is 15.5 Å². The lowest BCUT2D eigenvalue weighted by atomic mass is 10.1. The topological polar surface area (TPSA) is 114 Å². The van der Waals surface area contributed by atoms with Gasteiger partial charge in [0, 0.05) is 24.2 Å². The third-order valence-electron chi connectivity index (χ3n) is 5.44. The number of morpholine rings is 1. The summed E-state index contributed by atoms with van der Waals surface area (Å²) >= 11 is 0. The Kier molecular flexibility index (Phi) is 7.90. The van der Waals surface area contributed by atoms with Crippen LogP contribution in [0.1, 0.15) is 38.0 Å². The molecule has 3 rings (SSSR count). The Morgan fingerprint density at radius 2 is 1.82 bits per heavy atom. The highest BCUT2D eigenvalue weighted by molar-refractivity contribution is 5.96. The Morgan fingerprint density at radius 3 is 2.47 bits per heavy atom. The molecular weight excluding hydrogens is 453 g/mol. The van der Waals surface area contributed by atoms with Gasteiger partial charge >= 0.3 is 12.1 Å². The van der Waals surface area contributed by atoms with Crippen LogP contribution in [0.5, 0.6) is 0 Å². The van der Waals surface area contributed by atoms with Crippen molar-refractivity contribution in [2.24, 2.45) is 5.73 Å². The molecule has 2 atom stereocenters. The van der Waals surface area contributed by atoms with Crippen LogP contribution in [0.15, 0.2) is 48.5 Å². The van der Waals surface area contributed by atoms with Crippen LogP contribution in [-0.2, 0) is 9.53 Å². The monoisotopic (exact) mass is 478 g/mol. The smallest absolute Gasteiger partial charge is 0.377 e. The standard InChI is InChI=1S/C23H25F3N4O4/c1-14-4-2-3-5-18(14)21(32)30-10-11-34-13-17(30)12-28-20(31)16-8-6-15(7-9-16)19(27)29-22(33)23(24,25)26/h2-9,17,19H,10-13,27H2,1H3,(H,28,31)(H,29,33). The zero-order valence-electron chi connectivity index (χ0n) is 18.4. The molecule has 1 saturated heterocycles. The fraction of sp³-hybridized carbons (Fsp3) is 0.348. The molecule has 34 heavy (non-hydrogen) atoms. The van der Waals surface area contributed by atoms with Crippen molar-refractivity contribution < 1.29 is 32.3 Å². The van der Waals surface area contributed by atoms with Gasteiger partial charge in [-0.15, -0.1) is 0 Å². The molecule has 3 amide bonds. The van der Waals surface area contributed by atoms with Crippen molar-refractivity contribution in [3.8, 4) is 0 Å². The van der Waals surface area contributed by atoms with E-state index >= 15 is 0 Å². The molecule has 0 aromatic heterocycles. The van der Waals surface area contributed by atoms with Crippen molar-refractivity contribution >= 4 is 17.7 Å². The van der Waals surface area contributed by atoms with Crippen LogP contribution in [0.25, 0.3) is 0 Å². The molecule has 2 aromatic rings. The largest absolute Gasteiger partial charge is 0.471 e. The molecule has 0 saturated carbocycles. The van der Waals surface area contributed by atoms with Crippen LogP contribution in [0, 0.1) is 6.92 Å². The SMILES string of the molecule is Cc1ccccc1C(=O)N1CCOCC1CNC(=O)c1ccc(C(N)NC(=O)C(F)(F)F)cc1. The van der Waals surface area contributed by atoms with Crippen molar-refractivity contribution in [3.63, 3.8) is 0 Å². The number of carbonyl (C=O) groups is 3. The molecule has 2 aromatic carbocycles. The molecule has 2 unspecified atom stereocenters. The number of benzene rings is 2. The van der Waals surface area contributed by atoms with E-state index in [1.807, 2.05) is 19.1 Å². The summed E-state index contributed by atoms with van der Waals surface area (Å²) in [6, 6.07) is 12.4. The lowest BCUT2D eigenvalue weighted by Crippen LogP contribution is -2.53. The maximum absolute atomic E-state index is 13.0. The van der Waals surface area contributed by atoms with Gasteiger partial charge in [-0.05, 0) is 36.2 Å². The molecule has 0 aliphatic carbocycles. The summed E-state index contributed by atoms with van der Waals surface area (Å²) in [6.45, 7) is 3.07. The lowest BCUT2D eigenvalue weighted by Gasteiger charge is -2.36. The molecule has 1 heterocycles. The molecule has 8 nitrogen and oxygen atoms in total. The minimum Gasteiger partial charge on any atom is -0.377 e. The average molecular weight is 478 g/mol. The van der Waals surface area contributed by atoms with Gasteiger partial charge in [-0.3, -0.25) is 14.4 Å². The van der Waals surface area contributed by atoms with Gasteiger partial charge in [-0.25, -0.2) is 0 Å². The number of alkyl halides is 3. The van der Waals surface area contributed by atoms with E-state index in [0.717, 1.165) is 5.56 Å². The van der Waals surface area contributed by atoms with Crippen molar-refractivity contribution in [3.05, 3.63) is 70.8 Å². The summed E-state index contributed by atoms with van der Waals surface area (Å²) < 4.78 is 42.6. The van der Waals surface area contributed by atoms with Crippen molar-refractivity contribution in [2.45, 2.75) is 25.3 Å². The van der Waals surface area contributed by atoms with E-state index in [9.17, 15) is 27.6 Å². The molecule has 11 heteroatoms. The average Bonchev–Trinajstić information content (AvgIpc) is 2.82. The fourth-order valence-electron chi connectivity index (χ4n) is 3.52. The first kappa shape index (κ1) is 25.2. The number of hydrogen-bond donors (Lipinski definition) is 3. The van der Waals surface area contributed by atoms with Gasteiger partial charge in [0.15, 0.2) is 0 Å². The van der Waals surface area contributed by atoms with Gasteiger partial charge in [-0.1, -0.05) is 30.3 Å². The second-order valence-electron chi connectivity index (χ2n) is 7.82. The first-order chi connectivity index (χ1) is 16.1. The maximum atomic E-state index is 13.0. The van der Waals surface area contributed by atoms with Gasteiger partial charge < -0.3 is 26.0 Å². The van der Waals surface area contributed by atoms with E-state index < -0.39 is 24.2 Å². The first-order valence-corrected chi connectivity index (χ1v) is 10.5. The molecular formula is C23H25F3N4O4. The summed E-state index contributed by atoms with van der Waals surface area (Å²) in [5.41, 5.74) is 7.48. The van der Waals surface area contributed by atoms with Crippen LogP contribution < -0.4 is 16.4 Å². The Morgan fingerprint density at radius 1 is 1.15 bits per heavy atom. The number of nitrogens with zero attached hydrogens (tertiary/aromatic N) is 1. The fourth-order valence-corrected chi connectivity index (χ4v) is 3.52. The number of carbonyl (C=O) groups excluding carboxylic acids is 3. The third kappa shape index (κ3) is 6.12. The predicted molar refractivity (Wildman–Crippen MR) is 117 cm³/mol. The Hall–Kier alpha value is -3.44. The normalized spacial score (nSPS) is 17.1. The van der Waals surface area contributed by atoms with Crippen LogP contribution in [-0.4, -0.2) is 61.1 Å². The van der Waals surface area contributed by atoms with Crippen LogP contribution in [0.2, 0.25) is 0 Å². The first-order valence-electron chi connectivity index (χ1n) is 10.5. The molecule has 0 spiro atoms. The summed E-state index contributed by atoms with van der Waals surface area (Å²) in [7, 11) is 0. The number of rotatable bonds is 6. The number of halogens is 3. The predicted octanol–water partition coefficient (Wildman–Crippen LogP) is 1.90. The molecule has 0 radical (unpaired) electrons. The molecule has 182 valence electrons. The molecule has 1 fully saturated rings. The van der Waals surface area contributed by atoms with E-state index in [-0.39, 0.29) is 36.2 Å². The highest BCUT2D eigenvalue weighted by Crippen LogP contribution is 2.18. The van der Waals surface area contributed by atoms with Gasteiger partial charge in [0.25, 0.3) is 11.8 Å². The van der Waals surface area contributed by atoms with Crippen molar-refractivity contribution in [1.29, 1.82) is 0 Å². The number of ether oxygens (including phenoxy) is 1. The Balaban J connectivity index is 1.60. The van der Waals surface area contributed by atoms with E-state index in [1.54, 1.807) is 22.3 Å². The Labute approximate surface area is 194 Å². The number of aryl methyl sites for hydroxylation is 1. The maximum Gasteiger partial charge on any atom is 0.471 e. The van der Waals surface area contributed by atoms with Gasteiger partial charge in [0.2, 0.25) is 0 Å². The third-order valence-corrected chi connectivity index (χ3v) is 5.44. The molecule has 4 N–H and O–H groups in total. The number of amides is 3. The van der Waals surface area contributed by atoms with E-state index in [4.69, 9.17) is 10.5 Å². The van der Waals surface area contributed by atoms with Gasteiger partial charge in [0.05, 0.1) is 19.3 Å². The van der Waals surface area contributed by atoms with Gasteiger partial charge in [-0.2, -0.15) is 13.2 Å². The number of nitrogens with one attached hydrogen (secondary N) is 2. The highest BCUT2D eigenvalue weighted by Gasteiger charge is 2.39. The van der Waals surface area contributed by atoms with Crippen molar-refractivity contribution in [2.75, 3.05) is 26.3 Å². The minimum atomic E-state index is -5.05. The zero-order valence-corrected chi connectivity index (χ0v) is 18.4. The highest BCUT2D eigenvalue weighted by atomic mass is 19.4. The number of hydrogen-bond acceptors (Lipinski definition) is 5. The lowest BCUT2D eigenvalue weighted by molar-refractivity contribution is -0.174. The second kappa shape index (κ2) is 10.7. The Bertz CT molecular complexity index is 1040. The second-order valence-corrected chi connectivity index (χ2v) is 7.82. The molecule has 1 aliphatic rings. The van der Waals surface area contributed by atoms with Gasteiger partial charge in [0.1, 0.15) is 6.17 Å². The summed E-state index contributed by atoms with van der Waals surface area (Å²) in [5, 5.41) is 4.41. The van der Waals surface area contributed by atoms with Crippen LogP contribution in [0.3, 0.4) is 0 Å².